The maximum absolute atomic E-state index is 11.8. The molecule has 0 saturated carbocycles. The molecule has 104 valence electrons. The number of nitrogens with one attached hydrogen (secondary N) is 1. The van der Waals surface area contributed by atoms with Crippen LogP contribution in [0.4, 0.5) is 0 Å². The lowest BCUT2D eigenvalue weighted by Gasteiger charge is -2.17. The Morgan fingerprint density at radius 1 is 1.32 bits per heavy atom. The van der Waals surface area contributed by atoms with E-state index in [9.17, 15) is 9.59 Å². The molecule has 1 aromatic carbocycles. The fraction of sp³-hybridized carbons (Fsp3) is 0.429. The van der Waals surface area contributed by atoms with E-state index in [1.807, 2.05) is 13.8 Å². The maximum Gasteiger partial charge on any atom is 0.260 e. The van der Waals surface area contributed by atoms with Crippen molar-refractivity contribution in [3.63, 3.8) is 0 Å². The quantitative estimate of drug-likeness (QED) is 0.797. The summed E-state index contributed by atoms with van der Waals surface area (Å²) >= 11 is 0. The van der Waals surface area contributed by atoms with Crippen LogP contribution in [-0.2, 0) is 4.79 Å². The van der Waals surface area contributed by atoms with E-state index in [2.05, 4.69) is 5.32 Å². The van der Waals surface area contributed by atoms with Crippen molar-refractivity contribution in [1.29, 1.82) is 0 Å². The van der Waals surface area contributed by atoms with E-state index in [1.165, 1.54) is 7.11 Å². The summed E-state index contributed by atoms with van der Waals surface area (Å²) in [5.74, 6) is 0.674. The van der Waals surface area contributed by atoms with Crippen molar-refractivity contribution in [1.82, 2.24) is 5.32 Å². The number of aldehydes is 1. The normalized spacial score (nSPS) is 11.8. The summed E-state index contributed by atoms with van der Waals surface area (Å²) in [6, 6.07) is 4.88. The third-order valence-electron chi connectivity index (χ3n) is 2.45. The zero-order valence-electron chi connectivity index (χ0n) is 11.6. The first-order valence-corrected chi connectivity index (χ1v) is 6.08. The van der Waals surface area contributed by atoms with E-state index in [-0.39, 0.29) is 11.9 Å². The van der Waals surface area contributed by atoms with E-state index >= 15 is 0 Å². The number of rotatable bonds is 6. The topological polar surface area (TPSA) is 64.6 Å². The lowest BCUT2D eigenvalue weighted by atomic mass is 10.2. The minimum Gasteiger partial charge on any atom is -0.497 e. The molecule has 5 nitrogen and oxygen atoms in total. The Bertz CT molecular complexity index is 457. The first-order chi connectivity index (χ1) is 8.97. The van der Waals surface area contributed by atoms with Crippen LogP contribution in [0, 0.1) is 0 Å². The van der Waals surface area contributed by atoms with Crippen molar-refractivity contribution in [2.45, 2.75) is 32.9 Å². The Morgan fingerprint density at radius 2 is 2.00 bits per heavy atom. The second-order valence-electron chi connectivity index (χ2n) is 4.44. The molecule has 0 fully saturated rings. The summed E-state index contributed by atoms with van der Waals surface area (Å²) in [4.78, 5) is 22.7. The highest BCUT2D eigenvalue weighted by Gasteiger charge is 2.17. The van der Waals surface area contributed by atoms with Gasteiger partial charge in [-0.25, -0.2) is 0 Å². The molecule has 1 unspecified atom stereocenters. The van der Waals surface area contributed by atoms with E-state index in [4.69, 9.17) is 9.47 Å². The smallest absolute Gasteiger partial charge is 0.260 e. The molecule has 0 radical (unpaired) electrons. The number of hydrogen-bond acceptors (Lipinski definition) is 4. The Kier molecular flexibility index (Phi) is 5.36. The largest absolute Gasteiger partial charge is 0.497 e. The number of carbonyl (C=O) groups excluding carboxylic acids is 2. The molecule has 0 heterocycles. The van der Waals surface area contributed by atoms with Crippen LogP contribution >= 0.6 is 0 Å². The molecule has 0 saturated heterocycles. The molecule has 0 aliphatic carbocycles. The zero-order valence-corrected chi connectivity index (χ0v) is 11.6. The number of benzene rings is 1. The number of amides is 1. The fourth-order valence-corrected chi connectivity index (χ4v) is 1.49. The molecular weight excluding hydrogens is 246 g/mol. The highest BCUT2D eigenvalue weighted by Crippen LogP contribution is 2.24. The highest BCUT2D eigenvalue weighted by molar-refractivity contribution is 5.83. The highest BCUT2D eigenvalue weighted by atomic mass is 16.5. The van der Waals surface area contributed by atoms with Gasteiger partial charge in [0.1, 0.15) is 11.5 Å². The number of hydrogen-bond donors (Lipinski definition) is 1. The third-order valence-corrected chi connectivity index (χ3v) is 2.45. The van der Waals surface area contributed by atoms with Crippen LogP contribution in [0.3, 0.4) is 0 Å². The minimum atomic E-state index is -0.687. The Hall–Kier alpha value is -2.04. The lowest BCUT2D eigenvalue weighted by molar-refractivity contribution is -0.127. The summed E-state index contributed by atoms with van der Waals surface area (Å²) in [6.45, 7) is 5.37. The molecule has 0 bridgehead atoms. The molecule has 0 spiro atoms. The van der Waals surface area contributed by atoms with Gasteiger partial charge in [-0.3, -0.25) is 9.59 Å². The predicted octanol–water partition coefficient (Wildman–Crippen LogP) is 1.80. The van der Waals surface area contributed by atoms with Crippen molar-refractivity contribution >= 4 is 12.2 Å². The van der Waals surface area contributed by atoms with Gasteiger partial charge in [0.2, 0.25) is 0 Å². The van der Waals surface area contributed by atoms with Gasteiger partial charge in [0.15, 0.2) is 12.4 Å². The van der Waals surface area contributed by atoms with Gasteiger partial charge < -0.3 is 14.8 Å². The van der Waals surface area contributed by atoms with Crippen LogP contribution < -0.4 is 14.8 Å². The molecule has 1 N–H and O–H groups in total. The number of ether oxygens (including phenoxy) is 2. The molecule has 1 rings (SSSR count). The van der Waals surface area contributed by atoms with Crippen molar-refractivity contribution < 1.29 is 19.1 Å². The van der Waals surface area contributed by atoms with Gasteiger partial charge in [0.05, 0.1) is 12.7 Å². The van der Waals surface area contributed by atoms with Gasteiger partial charge in [-0.1, -0.05) is 0 Å². The maximum atomic E-state index is 11.8. The standard InChI is InChI=1S/C14H19NO4/c1-9(2)15-14(17)10(3)19-13-7-12(18-4)6-5-11(13)8-16/h5-10H,1-4H3,(H,15,17). The van der Waals surface area contributed by atoms with Crippen LogP contribution in [-0.4, -0.2) is 31.4 Å². The van der Waals surface area contributed by atoms with Crippen molar-refractivity contribution in [2.24, 2.45) is 0 Å². The first-order valence-electron chi connectivity index (χ1n) is 6.08. The van der Waals surface area contributed by atoms with Crippen LogP contribution in [0.2, 0.25) is 0 Å². The van der Waals surface area contributed by atoms with Gasteiger partial charge in [-0.2, -0.15) is 0 Å². The Morgan fingerprint density at radius 3 is 2.53 bits per heavy atom. The van der Waals surface area contributed by atoms with E-state index in [0.717, 1.165) is 0 Å². The van der Waals surface area contributed by atoms with Gasteiger partial charge in [-0.15, -0.1) is 0 Å². The summed E-state index contributed by atoms with van der Waals surface area (Å²) < 4.78 is 10.6. The van der Waals surface area contributed by atoms with Crippen LogP contribution in [0.15, 0.2) is 18.2 Å². The molecule has 1 aromatic rings. The second-order valence-corrected chi connectivity index (χ2v) is 4.44. The SMILES string of the molecule is COc1ccc(C=O)c(OC(C)C(=O)NC(C)C)c1. The summed E-state index contributed by atoms with van der Waals surface area (Å²) in [5, 5.41) is 2.75. The molecule has 0 aliphatic heterocycles. The molecule has 19 heavy (non-hydrogen) atoms. The van der Waals surface area contributed by atoms with Gasteiger partial charge in [0.25, 0.3) is 5.91 Å². The van der Waals surface area contributed by atoms with Gasteiger partial charge >= 0.3 is 0 Å². The average molecular weight is 265 g/mol. The molecule has 5 heteroatoms. The minimum absolute atomic E-state index is 0.0365. The predicted molar refractivity (Wildman–Crippen MR) is 71.8 cm³/mol. The summed E-state index contributed by atoms with van der Waals surface area (Å²) in [5.41, 5.74) is 0.380. The van der Waals surface area contributed by atoms with Crippen molar-refractivity contribution in [3.05, 3.63) is 23.8 Å². The molecule has 0 aliphatic rings. The number of methoxy groups -OCH3 is 1. The lowest BCUT2D eigenvalue weighted by Crippen LogP contribution is -2.40. The summed E-state index contributed by atoms with van der Waals surface area (Å²) in [6.07, 6.45) is -0.00446. The molecule has 1 atom stereocenters. The fourth-order valence-electron chi connectivity index (χ4n) is 1.49. The molecule has 0 aromatic heterocycles. The Balaban J connectivity index is 2.85. The van der Waals surface area contributed by atoms with Gasteiger partial charge in [-0.05, 0) is 32.9 Å². The van der Waals surface area contributed by atoms with Crippen LogP contribution in [0.1, 0.15) is 31.1 Å². The van der Waals surface area contributed by atoms with Crippen molar-refractivity contribution in [3.8, 4) is 11.5 Å². The molecular formula is C14H19NO4. The van der Waals surface area contributed by atoms with E-state index < -0.39 is 6.10 Å². The van der Waals surface area contributed by atoms with E-state index in [1.54, 1.807) is 25.1 Å². The zero-order chi connectivity index (χ0) is 14.4. The van der Waals surface area contributed by atoms with Gasteiger partial charge in [0, 0.05) is 12.1 Å². The second kappa shape index (κ2) is 6.78. The van der Waals surface area contributed by atoms with Crippen LogP contribution in [0.5, 0.6) is 11.5 Å². The van der Waals surface area contributed by atoms with E-state index in [0.29, 0.717) is 23.3 Å². The van der Waals surface area contributed by atoms with Crippen LogP contribution in [0.25, 0.3) is 0 Å². The Labute approximate surface area is 112 Å². The van der Waals surface area contributed by atoms with Crippen molar-refractivity contribution in [2.75, 3.05) is 7.11 Å². The number of carbonyl (C=O) groups is 2. The average Bonchev–Trinajstić information content (AvgIpc) is 2.37. The first kappa shape index (κ1) is 15.0. The monoisotopic (exact) mass is 265 g/mol. The summed E-state index contributed by atoms with van der Waals surface area (Å²) in [7, 11) is 1.52. The third kappa shape index (κ3) is 4.28. The molecule has 1 amide bonds.